The van der Waals surface area contributed by atoms with E-state index < -0.39 is 27.8 Å². The van der Waals surface area contributed by atoms with Crippen molar-refractivity contribution < 1.29 is 13.2 Å². The lowest BCUT2D eigenvalue weighted by Gasteiger charge is -2.37. The second-order valence-electron chi connectivity index (χ2n) is 7.16. The van der Waals surface area contributed by atoms with Crippen molar-refractivity contribution in [2.24, 2.45) is 0 Å². The van der Waals surface area contributed by atoms with Gasteiger partial charge in [-0.15, -0.1) is 6.42 Å². The van der Waals surface area contributed by atoms with Gasteiger partial charge >= 0.3 is 0 Å². The summed E-state index contributed by atoms with van der Waals surface area (Å²) >= 11 is 3.39. The maximum atomic E-state index is 13.7. The monoisotopic (exact) mass is 479 g/mol. The van der Waals surface area contributed by atoms with Gasteiger partial charge in [0.05, 0.1) is 22.4 Å². The summed E-state index contributed by atoms with van der Waals surface area (Å²) in [6, 6.07) is 20.7. The van der Waals surface area contributed by atoms with E-state index in [9.17, 15) is 13.2 Å². The molecule has 30 heavy (non-hydrogen) atoms. The minimum Gasteiger partial charge on any atom is -0.273 e. The molecule has 0 bridgehead atoms. The first kappa shape index (κ1) is 20.4. The van der Waals surface area contributed by atoms with Gasteiger partial charge in [0.2, 0.25) is 5.91 Å². The summed E-state index contributed by atoms with van der Waals surface area (Å²) in [5.74, 6) is 0.783. The molecule has 0 saturated carbocycles. The molecular weight excluding hydrogens is 462 g/mol. The van der Waals surface area contributed by atoms with Crippen LogP contribution in [0.2, 0.25) is 0 Å². The van der Waals surface area contributed by atoms with Gasteiger partial charge in [0.15, 0.2) is 0 Å². The van der Waals surface area contributed by atoms with Crippen molar-refractivity contribution in [2.45, 2.75) is 23.7 Å². The largest absolute Gasteiger partial charge is 0.273 e. The number of nitrogens with zero attached hydrogens (tertiary/aromatic N) is 1. The van der Waals surface area contributed by atoms with E-state index in [0.717, 1.165) is 9.87 Å². The van der Waals surface area contributed by atoms with E-state index in [1.807, 2.05) is 25.1 Å². The summed E-state index contributed by atoms with van der Waals surface area (Å²) in [4.78, 5) is 13.7. The van der Waals surface area contributed by atoms with E-state index in [-0.39, 0.29) is 10.6 Å². The minimum atomic E-state index is -4.14. The van der Waals surface area contributed by atoms with Gasteiger partial charge in [0.25, 0.3) is 10.0 Å². The van der Waals surface area contributed by atoms with Crippen molar-refractivity contribution >= 4 is 37.5 Å². The predicted molar refractivity (Wildman–Crippen MR) is 121 cm³/mol. The molecule has 0 unspecified atom stereocenters. The molecule has 0 radical (unpaired) electrons. The van der Waals surface area contributed by atoms with Gasteiger partial charge in [0, 0.05) is 4.47 Å². The third kappa shape index (κ3) is 3.34. The third-order valence-electron chi connectivity index (χ3n) is 5.24. The fourth-order valence-electron chi connectivity index (χ4n) is 3.77. The summed E-state index contributed by atoms with van der Waals surface area (Å²) in [6.07, 6.45) is 5.85. The van der Waals surface area contributed by atoms with Gasteiger partial charge in [-0.05, 0) is 42.3 Å². The van der Waals surface area contributed by atoms with E-state index >= 15 is 0 Å². The van der Waals surface area contributed by atoms with Crippen molar-refractivity contribution in [3.63, 3.8) is 0 Å². The number of carbonyl (C=O) groups excluding carboxylic acids is 1. The van der Waals surface area contributed by atoms with Gasteiger partial charge in [-0.2, -0.15) is 0 Å². The number of amides is 1. The Morgan fingerprint density at radius 2 is 1.67 bits per heavy atom. The molecule has 150 valence electrons. The lowest BCUT2D eigenvalue weighted by molar-refractivity contribution is -0.119. The molecule has 4 rings (SSSR count). The molecule has 3 aromatic carbocycles. The molecule has 1 aliphatic heterocycles. The van der Waals surface area contributed by atoms with E-state index in [2.05, 4.69) is 21.9 Å². The van der Waals surface area contributed by atoms with Crippen LogP contribution < -0.4 is 4.31 Å². The fourth-order valence-corrected chi connectivity index (χ4v) is 5.58. The predicted octanol–water partition coefficient (Wildman–Crippen LogP) is 4.99. The minimum absolute atomic E-state index is 0.0540. The molecule has 0 N–H and O–H groups in total. The summed E-state index contributed by atoms with van der Waals surface area (Å²) in [6.45, 7) is 1.87. The van der Waals surface area contributed by atoms with E-state index in [1.165, 1.54) is 12.1 Å². The third-order valence-corrected chi connectivity index (χ3v) is 7.46. The zero-order chi connectivity index (χ0) is 21.5. The van der Waals surface area contributed by atoms with Crippen LogP contribution in [0.5, 0.6) is 0 Å². The molecule has 3 aromatic rings. The van der Waals surface area contributed by atoms with Crippen molar-refractivity contribution in [3.8, 4) is 12.3 Å². The molecule has 1 aliphatic rings. The fraction of sp³-hybridized carbons (Fsp3) is 0.125. The van der Waals surface area contributed by atoms with Crippen LogP contribution in [0.4, 0.5) is 5.69 Å². The number of benzene rings is 3. The van der Waals surface area contributed by atoms with E-state index in [4.69, 9.17) is 6.42 Å². The average Bonchev–Trinajstić information content (AvgIpc) is 2.73. The summed E-state index contributed by atoms with van der Waals surface area (Å²) in [5.41, 5.74) is 2.52. The number of hydrogen-bond donors (Lipinski definition) is 0. The lowest BCUT2D eigenvalue weighted by atomic mass is 9.78. The Hall–Kier alpha value is -2.88. The van der Waals surface area contributed by atoms with Gasteiger partial charge in [-0.25, -0.2) is 12.7 Å². The molecule has 0 fully saturated rings. The normalized spacial score (nSPS) is 18.6. The number of carbonyl (C=O) groups is 1. The van der Waals surface area contributed by atoms with Crippen LogP contribution in [0.3, 0.4) is 0 Å². The highest BCUT2D eigenvalue weighted by Gasteiger charge is 2.45. The lowest BCUT2D eigenvalue weighted by Crippen LogP contribution is -2.45. The van der Waals surface area contributed by atoms with Gasteiger partial charge in [-0.3, -0.25) is 4.79 Å². The van der Waals surface area contributed by atoms with Crippen LogP contribution in [0.15, 0.2) is 82.2 Å². The van der Waals surface area contributed by atoms with Crippen molar-refractivity contribution in [1.29, 1.82) is 0 Å². The zero-order valence-corrected chi connectivity index (χ0v) is 18.5. The maximum Gasteiger partial charge on any atom is 0.270 e. The van der Waals surface area contributed by atoms with Gasteiger partial charge in [-0.1, -0.05) is 75.9 Å². The van der Waals surface area contributed by atoms with E-state index in [0.29, 0.717) is 15.6 Å². The number of anilines is 1. The van der Waals surface area contributed by atoms with Gasteiger partial charge < -0.3 is 0 Å². The maximum absolute atomic E-state index is 13.7. The molecular formula is C24H18BrNO3S. The molecule has 1 amide bonds. The van der Waals surface area contributed by atoms with E-state index in [1.54, 1.807) is 42.5 Å². The Kier molecular flexibility index (Phi) is 5.27. The second-order valence-corrected chi connectivity index (χ2v) is 9.86. The Labute approximate surface area is 184 Å². The first-order chi connectivity index (χ1) is 14.3. The van der Waals surface area contributed by atoms with Crippen LogP contribution in [0.1, 0.15) is 28.5 Å². The van der Waals surface area contributed by atoms with Crippen molar-refractivity contribution in [1.82, 2.24) is 0 Å². The molecule has 4 nitrogen and oxygen atoms in total. The zero-order valence-electron chi connectivity index (χ0n) is 16.1. The standard InChI is InChI=1S/C24H18BrNO3S/c1-3-20-21-14-11-18(25)15-22(21)26(24(27)23(20)17-7-5-4-6-8-17)30(28,29)19-12-9-16(2)10-13-19/h1,4-15,20,23H,2H3/t20-,23+/m0/s1. The molecule has 0 spiro atoms. The smallest absolute Gasteiger partial charge is 0.270 e. The number of terminal acetylenes is 1. The summed E-state index contributed by atoms with van der Waals surface area (Å²) < 4.78 is 28.8. The first-order valence-corrected chi connectivity index (χ1v) is 11.5. The first-order valence-electron chi connectivity index (χ1n) is 9.31. The van der Waals surface area contributed by atoms with Crippen LogP contribution in [0.25, 0.3) is 0 Å². The number of sulfonamides is 1. The summed E-state index contributed by atoms with van der Waals surface area (Å²) in [7, 11) is -4.14. The molecule has 2 atom stereocenters. The number of rotatable bonds is 3. The molecule has 6 heteroatoms. The number of hydrogen-bond acceptors (Lipinski definition) is 3. The highest BCUT2D eigenvalue weighted by molar-refractivity contribution is 9.10. The SMILES string of the molecule is C#C[C@H]1c2ccc(Br)cc2N(S(=O)(=O)c2ccc(C)cc2)C(=O)[C@@H]1c1ccccc1. The highest BCUT2D eigenvalue weighted by atomic mass is 79.9. The Bertz CT molecular complexity index is 1260. The molecule has 1 heterocycles. The number of fused-ring (bicyclic) bond motifs is 1. The second kappa shape index (κ2) is 7.75. The Balaban J connectivity index is 1.97. The van der Waals surface area contributed by atoms with Crippen LogP contribution in [-0.2, 0) is 14.8 Å². The molecule has 0 aromatic heterocycles. The van der Waals surface area contributed by atoms with Crippen molar-refractivity contribution in [2.75, 3.05) is 4.31 Å². The number of aryl methyl sites for hydroxylation is 1. The Morgan fingerprint density at radius 3 is 2.30 bits per heavy atom. The van der Waals surface area contributed by atoms with Crippen molar-refractivity contribution in [3.05, 3.63) is 94.0 Å². The van der Waals surface area contributed by atoms with Crippen LogP contribution >= 0.6 is 15.9 Å². The van der Waals surface area contributed by atoms with Crippen LogP contribution in [-0.4, -0.2) is 14.3 Å². The number of halogens is 1. The average molecular weight is 480 g/mol. The molecule has 0 aliphatic carbocycles. The molecule has 0 saturated heterocycles. The summed E-state index contributed by atoms with van der Waals surface area (Å²) in [5, 5.41) is 0. The van der Waals surface area contributed by atoms with Crippen LogP contribution in [0, 0.1) is 19.3 Å². The quantitative estimate of drug-likeness (QED) is 0.497. The highest BCUT2D eigenvalue weighted by Crippen LogP contribution is 2.46. The van der Waals surface area contributed by atoms with Gasteiger partial charge in [0.1, 0.15) is 0 Å². The Morgan fingerprint density at radius 1 is 1.00 bits per heavy atom. The topological polar surface area (TPSA) is 54.5 Å².